The summed E-state index contributed by atoms with van der Waals surface area (Å²) in [5, 5.41) is 4.85. The molecule has 0 aliphatic carbocycles. The molecule has 7 nitrogen and oxygen atoms in total. The molecular weight excluding hydrogens is 267 g/mol. The third kappa shape index (κ3) is 6.87. The van der Waals surface area contributed by atoms with E-state index in [9.17, 15) is 23.8 Å². The Labute approximate surface area is 147 Å². The Kier molecular flexibility index (Phi) is 15.5. The molecule has 0 aromatic carbocycles. The largest absolute Gasteiger partial charge is 1.00 e. The van der Waals surface area contributed by atoms with Crippen LogP contribution in [-0.4, -0.2) is 15.1 Å². The molecular formula is C2H5Na3O7P2. The molecule has 0 aromatic rings. The number of rotatable bonds is 2. The van der Waals surface area contributed by atoms with Crippen LogP contribution in [0.1, 0.15) is 6.92 Å². The fraction of sp³-hybridized carbons (Fsp3) is 1.00. The van der Waals surface area contributed by atoms with Crippen LogP contribution in [0.2, 0.25) is 0 Å². The molecule has 0 aliphatic rings. The van der Waals surface area contributed by atoms with E-state index >= 15 is 0 Å². The molecule has 14 heavy (non-hydrogen) atoms. The second kappa shape index (κ2) is 8.38. The third-order valence-electron chi connectivity index (χ3n) is 1.05. The molecule has 12 heteroatoms. The molecule has 0 rings (SSSR count). The Hall–Kier alpha value is 3.26. The molecule has 68 valence electrons. The van der Waals surface area contributed by atoms with Crippen LogP contribution < -0.4 is 103 Å². The van der Waals surface area contributed by atoms with Crippen molar-refractivity contribution in [3.63, 3.8) is 0 Å². The molecule has 0 aromatic heterocycles. The van der Waals surface area contributed by atoms with Gasteiger partial charge in [-0.15, -0.1) is 0 Å². The number of hydrogen-bond donors (Lipinski definition) is 2. The van der Waals surface area contributed by atoms with Crippen LogP contribution in [-0.2, 0) is 9.13 Å². The van der Waals surface area contributed by atoms with Gasteiger partial charge in [0.25, 0.3) is 0 Å². The van der Waals surface area contributed by atoms with Gasteiger partial charge in [-0.25, -0.2) is 0 Å². The summed E-state index contributed by atoms with van der Waals surface area (Å²) in [5.74, 6) is 0. The van der Waals surface area contributed by atoms with Crippen molar-refractivity contribution in [2.75, 3.05) is 0 Å². The molecule has 0 radical (unpaired) electrons. The van der Waals surface area contributed by atoms with Gasteiger partial charge in [0.2, 0.25) is 0 Å². The minimum atomic E-state index is -5.76. The molecule has 0 amide bonds. The first-order valence-electron chi connectivity index (χ1n) is 2.28. The minimum absolute atomic E-state index is 0. The van der Waals surface area contributed by atoms with Crippen molar-refractivity contribution in [1.29, 1.82) is 0 Å². The van der Waals surface area contributed by atoms with Crippen molar-refractivity contribution in [2.45, 2.75) is 12.0 Å². The van der Waals surface area contributed by atoms with Crippen molar-refractivity contribution in [1.82, 2.24) is 0 Å². The van der Waals surface area contributed by atoms with Crippen LogP contribution in [0, 0.1) is 0 Å². The predicted octanol–water partition coefficient (Wildman–Crippen LogP) is -11.9. The van der Waals surface area contributed by atoms with Crippen LogP contribution in [0.15, 0.2) is 0 Å². The Balaban J connectivity index is -0.000000167. The summed E-state index contributed by atoms with van der Waals surface area (Å²) in [6.45, 7) is 0.196. The van der Waals surface area contributed by atoms with Crippen molar-refractivity contribution in [3.8, 4) is 0 Å². The number of hydrogen-bond acceptors (Lipinski definition) is 6. The smallest absolute Gasteiger partial charge is 0.808 e. The van der Waals surface area contributed by atoms with Gasteiger partial charge in [-0.3, -0.25) is 0 Å². The maximum absolute atomic E-state index is 10.1. The van der Waals surface area contributed by atoms with E-state index < -0.39 is 20.3 Å². The average molecular weight is 272 g/mol. The zero-order valence-corrected chi connectivity index (χ0v) is 16.1. The van der Waals surface area contributed by atoms with Crippen molar-refractivity contribution in [3.05, 3.63) is 0 Å². The van der Waals surface area contributed by atoms with Gasteiger partial charge in [0.05, 0.1) is 0 Å². The second-order valence-corrected chi connectivity index (χ2v) is 6.12. The van der Waals surface area contributed by atoms with Gasteiger partial charge in [0.15, 0.2) is 12.7 Å². The fourth-order valence-electron chi connectivity index (χ4n) is 0.155. The number of aliphatic hydroxyl groups is 1. The summed E-state index contributed by atoms with van der Waals surface area (Å²) in [4.78, 5) is 38.1. The van der Waals surface area contributed by atoms with Gasteiger partial charge in [0.1, 0.15) is 0 Å². The first kappa shape index (κ1) is 26.0. The van der Waals surface area contributed by atoms with E-state index in [1.165, 1.54) is 0 Å². The van der Waals surface area contributed by atoms with Gasteiger partial charge in [0, 0.05) is 0 Å². The zero-order chi connectivity index (χ0) is 9.50. The van der Waals surface area contributed by atoms with E-state index in [1.54, 1.807) is 0 Å². The van der Waals surface area contributed by atoms with Gasteiger partial charge < -0.3 is 33.8 Å². The molecule has 0 aliphatic heterocycles. The van der Waals surface area contributed by atoms with Crippen LogP contribution in [0.4, 0.5) is 0 Å². The van der Waals surface area contributed by atoms with Crippen LogP contribution in [0.3, 0.4) is 0 Å². The van der Waals surface area contributed by atoms with E-state index in [4.69, 9.17) is 10.00 Å². The molecule has 0 heterocycles. The summed E-state index contributed by atoms with van der Waals surface area (Å²) >= 11 is 0. The second-order valence-electron chi connectivity index (χ2n) is 1.99. The summed E-state index contributed by atoms with van der Waals surface area (Å²) in [6.07, 6.45) is 0. The molecule has 2 N–H and O–H groups in total. The van der Waals surface area contributed by atoms with Gasteiger partial charge >= 0.3 is 88.7 Å². The van der Waals surface area contributed by atoms with Gasteiger partial charge in [-0.1, -0.05) is 0 Å². The third-order valence-corrected chi connectivity index (χ3v) is 4.66. The molecule has 0 saturated heterocycles. The molecule has 2 unspecified atom stereocenters. The molecule has 0 bridgehead atoms. The standard InChI is InChI=1S/C2H8O7P2.3Na/c1-2(3,10(4,5)6)11(7,8)9;;;/h3H,1H3,(H2,4,5,6)(H2,7,8,9);;;/q;3*+1/p-3. The van der Waals surface area contributed by atoms with Crippen LogP contribution in [0.5, 0.6) is 0 Å². The topological polar surface area (TPSA) is 144 Å². The molecule has 0 spiro atoms. The first-order valence-corrected chi connectivity index (χ1v) is 5.40. The first-order chi connectivity index (χ1) is 4.50. The predicted molar refractivity (Wildman–Crippen MR) is 28.1 cm³/mol. The Morgan fingerprint density at radius 2 is 1.29 bits per heavy atom. The normalized spacial score (nSPS) is 18.7. The van der Waals surface area contributed by atoms with Gasteiger partial charge in [-0.05, 0) is 14.5 Å². The molecule has 2 atom stereocenters. The van der Waals surface area contributed by atoms with Crippen molar-refractivity contribution < 1.29 is 122 Å². The maximum Gasteiger partial charge on any atom is 1.00 e. The Morgan fingerprint density at radius 1 is 1.07 bits per heavy atom. The molecule has 0 fully saturated rings. The zero-order valence-electron chi connectivity index (χ0n) is 8.33. The monoisotopic (exact) mass is 272 g/mol. The Bertz CT molecular complexity index is 217. The fourth-order valence-corrected chi connectivity index (χ4v) is 1.39. The van der Waals surface area contributed by atoms with E-state index in [1.807, 2.05) is 0 Å². The van der Waals surface area contributed by atoms with Crippen molar-refractivity contribution in [2.24, 2.45) is 0 Å². The minimum Gasteiger partial charge on any atom is -0.808 e. The summed E-state index contributed by atoms with van der Waals surface area (Å²) in [5.41, 5.74) is 0. The summed E-state index contributed by atoms with van der Waals surface area (Å²) in [6, 6.07) is 0. The maximum atomic E-state index is 10.1. The Morgan fingerprint density at radius 3 is 1.29 bits per heavy atom. The summed E-state index contributed by atoms with van der Waals surface area (Å²) in [7, 11) is -11.3. The quantitative estimate of drug-likeness (QED) is 0.375. The van der Waals surface area contributed by atoms with E-state index in [2.05, 4.69) is 0 Å². The van der Waals surface area contributed by atoms with E-state index in [-0.39, 0.29) is 95.6 Å². The summed E-state index contributed by atoms with van der Waals surface area (Å²) < 4.78 is 20.1. The van der Waals surface area contributed by atoms with Crippen molar-refractivity contribution >= 4 is 15.2 Å². The van der Waals surface area contributed by atoms with E-state index in [0.29, 0.717) is 0 Å². The van der Waals surface area contributed by atoms with Crippen LogP contribution >= 0.6 is 15.2 Å². The SMILES string of the molecule is CC(O)(P(=O)([O-])[O-])P(=O)([O-])O.[Na+].[Na+].[Na+]. The molecule has 0 saturated carbocycles. The average Bonchev–Trinajstić information content (AvgIpc) is 1.58. The van der Waals surface area contributed by atoms with E-state index in [0.717, 1.165) is 0 Å². The van der Waals surface area contributed by atoms with Gasteiger partial charge in [-0.2, -0.15) is 0 Å². The van der Waals surface area contributed by atoms with Crippen LogP contribution in [0.25, 0.3) is 0 Å².